The van der Waals surface area contributed by atoms with Crippen molar-refractivity contribution in [3.8, 4) is 16.9 Å². The second kappa shape index (κ2) is 5.46. The Morgan fingerprint density at radius 2 is 1.81 bits per heavy atom. The van der Waals surface area contributed by atoms with Crippen LogP contribution in [0.5, 0.6) is 5.75 Å². The fourth-order valence-electron chi connectivity index (χ4n) is 3.94. The molecular formula is C23H19NO2. The number of carbonyl (C=O) groups is 1. The number of para-hydroxylation sites is 1. The lowest BCUT2D eigenvalue weighted by Crippen LogP contribution is -2.22. The molecule has 0 radical (unpaired) electrons. The maximum atomic E-state index is 13.0. The van der Waals surface area contributed by atoms with Gasteiger partial charge in [0.15, 0.2) is 0 Å². The molecule has 0 saturated carbocycles. The SMILES string of the molecule is [2H]c1c(C)c([2H])c2c(c1C)-c1cc3c(cc1CO2)C(=O)N(c1ccccc1)C3. The van der Waals surface area contributed by atoms with Crippen LogP contribution in [0, 0.1) is 13.8 Å². The fraction of sp³-hybridized carbons (Fsp3) is 0.174. The van der Waals surface area contributed by atoms with Gasteiger partial charge in [0, 0.05) is 16.8 Å². The monoisotopic (exact) mass is 343 g/mol. The van der Waals surface area contributed by atoms with Gasteiger partial charge in [0.1, 0.15) is 12.4 Å². The van der Waals surface area contributed by atoms with E-state index in [9.17, 15) is 4.79 Å². The quantitative estimate of drug-likeness (QED) is 0.621. The van der Waals surface area contributed by atoms with Gasteiger partial charge in [-0.25, -0.2) is 0 Å². The Kier molecular flexibility index (Phi) is 2.77. The summed E-state index contributed by atoms with van der Waals surface area (Å²) in [5.41, 5.74) is 6.72. The molecule has 5 rings (SSSR count). The molecule has 3 heteroatoms. The molecule has 1 amide bonds. The minimum atomic E-state index is -0.00205. The number of nitrogens with zero attached hydrogens (tertiary/aromatic N) is 1. The van der Waals surface area contributed by atoms with Gasteiger partial charge >= 0.3 is 0 Å². The standard InChI is InChI=1S/C23H19NO2/c1-14-8-15(2)22-19-10-16-12-24(18-6-4-3-5-7-18)23(25)20(16)11-17(19)13-26-21(22)9-14/h3-11H,12-13H2,1-2H3/i8D,9D. The number of benzene rings is 3. The number of carbonyl (C=O) groups excluding carboxylic acids is 1. The number of anilines is 1. The number of fused-ring (bicyclic) bond motifs is 4. The summed E-state index contributed by atoms with van der Waals surface area (Å²) in [5.74, 6) is 0.542. The molecule has 0 atom stereocenters. The largest absolute Gasteiger partial charge is 0.488 e. The number of rotatable bonds is 1. The molecular weight excluding hydrogens is 322 g/mol. The van der Waals surface area contributed by atoms with Gasteiger partial charge in [-0.15, -0.1) is 0 Å². The minimum Gasteiger partial charge on any atom is -0.488 e. The molecule has 3 nitrogen and oxygen atoms in total. The Bertz CT molecular complexity index is 1160. The van der Waals surface area contributed by atoms with E-state index in [4.69, 9.17) is 7.48 Å². The van der Waals surface area contributed by atoms with E-state index in [1.807, 2.05) is 49.4 Å². The molecule has 0 aromatic heterocycles. The minimum absolute atomic E-state index is 0.00205. The van der Waals surface area contributed by atoms with Crippen LogP contribution in [-0.4, -0.2) is 5.91 Å². The number of hydrogen-bond acceptors (Lipinski definition) is 2. The fourth-order valence-corrected chi connectivity index (χ4v) is 3.94. The second-order valence-corrected chi connectivity index (χ2v) is 6.89. The van der Waals surface area contributed by atoms with Crippen molar-refractivity contribution in [2.75, 3.05) is 4.90 Å². The van der Waals surface area contributed by atoms with Crippen LogP contribution in [0.15, 0.2) is 54.5 Å². The molecule has 0 saturated heterocycles. The van der Waals surface area contributed by atoms with E-state index < -0.39 is 0 Å². The first kappa shape index (κ1) is 13.2. The lowest BCUT2D eigenvalue weighted by Gasteiger charge is -2.24. The first-order chi connectivity index (χ1) is 13.5. The van der Waals surface area contributed by atoms with Crippen molar-refractivity contribution in [3.05, 3.63) is 82.4 Å². The molecule has 3 aromatic carbocycles. The molecule has 2 aliphatic heterocycles. The van der Waals surface area contributed by atoms with E-state index >= 15 is 0 Å². The molecule has 0 aliphatic carbocycles. The summed E-state index contributed by atoms with van der Waals surface area (Å²) in [6, 6.07) is 14.3. The maximum absolute atomic E-state index is 13.0. The lowest BCUT2D eigenvalue weighted by molar-refractivity contribution is 0.0996. The third-order valence-electron chi connectivity index (χ3n) is 5.12. The molecule has 3 aromatic rings. The predicted molar refractivity (Wildman–Crippen MR) is 103 cm³/mol. The highest BCUT2D eigenvalue weighted by Gasteiger charge is 2.31. The van der Waals surface area contributed by atoms with Crippen LogP contribution in [0.4, 0.5) is 5.69 Å². The van der Waals surface area contributed by atoms with Crippen molar-refractivity contribution in [2.45, 2.75) is 27.0 Å². The van der Waals surface area contributed by atoms with E-state index in [0.29, 0.717) is 36.1 Å². The molecule has 0 bridgehead atoms. The van der Waals surface area contributed by atoms with E-state index in [1.165, 1.54) is 0 Å². The van der Waals surface area contributed by atoms with Crippen LogP contribution in [0.3, 0.4) is 0 Å². The first-order valence-corrected chi connectivity index (χ1v) is 8.73. The Hall–Kier alpha value is -3.07. The van der Waals surface area contributed by atoms with Gasteiger partial charge in [0.05, 0.1) is 9.29 Å². The molecule has 128 valence electrons. The zero-order valence-electron chi connectivity index (χ0n) is 16.7. The van der Waals surface area contributed by atoms with Crippen LogP contribution in [0.2, 0.25) is 0 Å². The van der Waals surface area contributed by atoms with E-state index in [2.05, 4.69) is 0 Å². The van der Waals surface area contributed by atoms with Crippen molar-refractivity contribution in [1.82, 2.24) is 0 Å². The van der Waals surface area contributed by atoms with Crippen LogP contribution < -0.4 is 9.64 Å². The maximum Gasteiger partial charge on any atom is 0.258 e. The van der Waals surface area contributed by atoms with Crippen LogP contribution in [0.25, 0.3) is 11.1 Å². The highest BCUT2D eigenvalue weighted by atomic mass is 16.5. The molecule has 2 heterocycles. The van der Waals surface area contributed by atoms with Gasteiger partial charge in [-0.1, -0.05) is 24.2 Å². The van der Waals surface area contributed by atoms with Gasteiger partial charge in [0.25, 0.3) is 5.91 Å². The average Bonchev–Trinajstić information content (AvgIpc) is 3.04. The van der Waals surface area contributed by atoms with E-state index in [1.54, 1.807) is 11.8 Å². The smallest absolute Gasteiger partial charge is 0.258 e. The molecule has 0 spiro atoms. The van der Waals surface area contributed by atoms with Gasteiger partial charge in [-0.2, -0.15) is 0 Å². The number of ether oxygens (including phenoxy) is 1. The normalized spacial score (nSPS) is 15.6. The van der Waals surface area contributed by atoms with Crippen molar-refractivity contribution in [2.24, 2.45) is 0 Å². The van der Waals surface area contributed by atoms with Crippen LogP contribution >= 0.6 is 0 Å². The van der Waals surface area contributed by atoms with Crippen molar-refractivity contribution in [1.29, 1.82) is 0 Å². The summed E-state index contributed by atoms with van der Waals surface area (Å²) in [6.07, 6.45) is 0. The first-order valence-electron chi connectivity index (χ1n) is 9.73. The Morgan fingerprint density at radius 3 is 2.62 bits per heavy atom. The third kappa shape index (κ3) is 2.17. The van der Waals surface area contributed by atoms with Crippen molar-refractivity contribution in [3.63, 3.8) is 0 Å². The zero-order chi connectivity index (χ0) is 19.6. The highest BCUT2D eigenvalue weighted by molar-refractivity contribution is 6.10. The predicted octanol–water partition coefficient (Wildman–Crippen LogP) is 5.02. The van der Waals surface area contributed by atoms with E-state index in [-0.39, 0.29) is 11.9 Å². The molecule has 2 aliphatic rings. The highest BCUT2D eigenvalue weighted by Crippen LogP contribution is 2.43. The summed E-state index contributed by atoms with van der Waals surface area (Å²) in [5, 5.41) is 0. The van der Waals surface area contributed by atoms with Crippen molar-refractivity contribution < 1.29 is 12.3 Å². The van der Waals surface area contributed by atoms with Crippen LogP contribution in [0.1, 0.15) is 35.4 Å². The average molecular weight is 343 g/mol. The van der Waals surface area contributed by atoms with Gasteiger partial charge < -0.3 is 9.64 Å². The summed E-state index contributed by atoms with van der Waals surface area (Å²) in [7, 11) is 0. The molecule has 0 unspecified atom stereocenters. The number of amides is 1. The molecule has 26 heavy (non-hydrogen) atoms. The summed E-state index contributed by atoms with van der Waals surface area (Å²) < 4.78 is 22.6. The third-order valence-corrected chi connectivity index (χ3v) is 5.12. The van der Waals surface area contributed by atoms with Gasteiger partial charge in [-0.05, 0) is 72.0 Å². The Morgan fingerprint density at radius 1 is 1.04 bits per heavy atom. The van der Waals surface area contributed by atoms with Crippen LogP contribution in [-0.2, 0) is 13.2 Å². The Balaban J connectivity index is 1.67. The topological polar surface area (TPSA) is 29.5 Å². The lowest BCUT2D eigenvalue weighted by atomic mass is 9.89. The summed E-state index contributed by atoms with van der Waals surface area (Å²) in [4.78, 5) is 14.8. The summed E-state index contributed by atoms with van der Waals surface area (Å²) in [6.45, 7) is 4.54. The van der Waals surface area contributed by atoms with Gasteiger partial charge in [-0.3, -0.25) is 4.79 Å². The zero-order valence-corrected chi connectivity index (χ0v) is 14.7. The Labute approximate surface area is 155 Å². The van der Waals surface area contributed by atoms with Crippen molar-refractivity contribution >= 4 is 11.6 Å². The second-order valence-electron chi connectivity index (χ2n) is 6.89. The van der Waals surface area contributed by atoms with E-state index in [0.717, 1.165) is 33.5 Å². The summed E-state index contributed by atoms with van der Waals surface area (Å²) >= 11 is 0. The molecule has 0 fully saturated rings. The van der Waals surface area contributed by atoms with Gasteiger partial charge in [0.2, 0.25) is 0 Å². The number of hydrogen-bond donors (Lipinski definition) is 0. The molecule has 0 N–H and O–H groups in total.